The van der Waals surface area contributed by atoms with Crippen LogP contribution in [0.4, 0.5) is 11.8 Å². The molecular weight excluding hydrogens is 216 g/mol. The molecule has 1 aromatic heterocycles. The fourth-order valence-corrected chi connectivity index (χ4v) is 1.49. The zero-order valence-corrected chi connectivity index (χ0v) is 11.0. The van der Waals surface area contributed by atoms with Crippen molar-refractivity contribution in [3.05, 3.63) is 11.8 Å². The molecule has 0 atom stereocenters. The second-order valence-electron chi connectivity index (χ2n) is 4.26. The van der Waals surface area contributed by atoms with Gasteiger partial charge in [0.2, 0.25) is 5.95 Å². The third-order valence-electron chi connectivity index (χ3n) is 3.10. The maximum absolute atomic E-state index is 10.2. The lowest BCUT2D eigenvalue weighted by atomic mass is 9.97. The highest BCUT2D eigenvalue weighted by Crippen LogP contribution is 2.18. The van der Waals surface area contributed by atoms with E-state index >= 15 is 0 Å². The van der Waals surface area contributed by atoms with Crippen molar-refractivity contribution in [2.24, 2.45) is 0 Å². The second-order valence-corrected chi connectivity index (χ2v) is 4.26. The molecule has 0 radical (unpaired) electrons. The number of aliphatic hydroxyl groups is 1. The summed E-state index contributed by atoms with van der Waals surface area (Å²) in [5, 5.41) is 16.3. The molecule has 0 saturated carbocycles. The predicted molar refractivity (Wildman–Crippen MR) is 70.3 cm³/mol. The van der Waals surface area contributed by atoms with Crippen LogP contribution in [-0.2, 0) is 0 Å². The predicted octanol–water partition coefficient (Wildman–Crippen LogP) is 1.79. The first-order valence-electron chi connectivity index (χ1n) is 6.02. The molecule has 1 rings (SSSR count). The Morgan fingerprint density at radius 1 is 1.35 bits per heavy atom. The Hall–Kier alpha value is -1.36. The van der Waals surface area contributed by atoms with Crippen molar-refractivity contribution in [1.82, 2.24) is 9.97 Å². The van der Waals surface area contributed by atoms with Crippen LogP contribution in [0.3, 0.4) is 0 Å². The Labute approximate surface area is 103 Å². The normalized spacial score (nSPS) is 11.4. The van der Waals surface area contributed by atoms with E-state index in [2.05, 4.69) is 20.6 Å². The summed E-state index contributed by atoms with van der Waals surface area (Å²) in [6, 6.07) is 0. The number of anilines is 2. The Bertz CT molecular complexity index is 364. The minimum atomic E-state index is -0.669. The fraction of sp³-hybridized carbons (Fsp3) is 0.667. The van der Waals surface area contributed by atoms with E-state index in [1.807, 2.05) is 20.8 Å². The van der Waals surface area contributed by atoms with Crippen molar-refractivity contribution in [3.63, 3.8) is 0 Å². The molecule has 0 fully saturated rings. The molecule has 5 heteroatoms. The van der Waals surface area contributed by atoms with Gasteiger partial charge < -0.3 is 15.7 Å². The molecule has 3 N–H and O–H groups in total. The van der Waals surface area contributed by atoms with E-state index in [0.29, 0.717) is 12.5 Å². The van der Waals surface area contributed by atoms with Gasteiger partial charge in [0.15, 0.2) is 0 Å². The Kier molecular flexibility index (Phi) is 4.69. The van der Waals surface area contributed by atoms with Gasteiger partial charge in [0, 0.05) is 25.4 Å². The van der Waals surface area contributed by atoms with Crippen molar-refractivity contribution in [2.75, 3.05) is 24.2 Å². The number of nitrogens with one attached hydrogen (secondary N) is 2. The first-order valence-corrected chi connectivity index (χ1v) is 6.02. The van der Waals surface area contributed by atoms with Crippen molar-refractivity contribution in [3.8, 4) is 0 Å². The van der Waals surface area contributed by atoms with Crippen LogP contribution in [0.2, 0.25) is 0 Å². The number of rotatable bonds is 6. The molecule has 0 aliphatic carbocycles. The first-order chi connectivity index (χ1) is 8.04. The topological polar surface area (TPSA) is 70.1 Å². The number of nitrogens with zero attached hydrogens (tertiary/aromatic N) is 2. The van der Waals surface area contributed by atoms with Gasteiger partial charge in [-0.05, 0) is 19.8 Å². The van der Waals surface area contributed by atoms with Crippen LogP contribution in [0.25, 0.3) is 0 Å². The lowest BCUT2D eigenvalue weighted by Gasteiger charge is -2.26. The summed E-state index contributed by atoms with van der Waals surface area (Å²) in [5.41, 5.74) is 0.301. The van der Waals surface area contributed by atoms with Crippen LogP contribution in [0.5, 0.6) is 0 Å². The van der Waals surface area contributed by atoms with Crippen LogP contribution in [0.15, 0.2) is 6.20 Å². The average molecular weight is 238 g/mol. The zero-order chi connectivity index (χ0) is 12.9. The fourth-order valence-electron chi connectivity index (χ4n) is 1.49. The highest BCUT2D eigenvalue weighted by Gasteiger charge is 2.22. The smallest absolute Gasteiger partial charge is 0.224 e. The van der Waals surface area contributed by atoms with E-state index in [1.54, 1.807) is 13.2 Å². The first kappa shape index (κ1) is 13.7. The van der Waals surface area contributed by atoms with Crippen LogP contribution >= 0.6 is 0 Å². The van der Waals surface area contributed by atoms with E-state index in [0.717, 1.165) is 24.2 Å². The third-order valence-corrected chi connectivity index (χ3v) is 3.10. The second kappa shape index (κ2) is 5.82. The quantitative estimate of drug-likeness (QED) is 0.705. The van der Waals surface area contributed by atoms with Crippen molar-refractivity contribution < 1.29 is 5.11 Å². The molecular formula is C12H22N4O. The highest BCUT2D eigenvalue weighted by atomic mass is 16.3. The maximum atomic E-state index is 10.2. The maximum Gasteiger partial charge on any atom is 0.224 e. The van der Waals surface area contributed by atoms with Gasteiger partial charge in [0.1, 0.15) is 5.82 Å². The molecule has 0 aromatic carbocycles. The zero-order valence-electron chi connectivity index (χ0n) is 11.0. The van der Waals surface area contributed by atoms with Gasteiger partial charge in [0.25, 0.3) is 0 Å². The molecule has 0 bridgehead atoms. The SMILES string of the molecule is CCC(O)(CC)CNc1nc(NC)ncc1C. The van der Waals surface area contributed by atoms with Crippen molar-refractivity contribution in [1.29, 1.82) is 0 Å². The van der Waals surface area contributed by atoms with E-state index in [9.17, 15) is 5.11 Å². The Morgan fingerprint density at radius 3 is 2.53 bits per heavy atom. The van der Waals surface area contributed by atoms with Gasteiger partial charge in [0.05, 0.1) is 5.60 Å². The van der Waals surface area contributed by atoms with Gasteiger partial charge >= 0.3 is 0 Å². The molecule has 96 valence electrons. The molecule has 0 unspecified atom stereocenters. The molecule has 1 aromatic rings. The van der Waals surface area contributed by atoms with Gasteiger partial charge in [-0.15, -0.1) is 0 Å². The third kappa shape index (κ3) is 3.56. The summed E-state index contributed by atoms with van der Waals surface area (Å²) in [7, 11) is 1.78. The molecule has 0 aliphatic heterocycles. The van der Waals surface area contributed by atoms with Crippen LogP contribution in [0.1, 0.15) is 32.3 Å². The average Bonchev–Trinajstić information content (AvgIpc) is 2.37. The van der Waals surface area contributed by atoms with Gasteiger partial charge in [-0.2, -0.15) is 4.98 Å². The molecule has 1 heterocycles. The minimum Gasteiger partial charge on any atom is -0.388 e. The Morgan fingerprint density at radius 2 is 2.00 bits per heavy atom. The largest absolute Gasteiger partial charge is 0.388 e. The molecule has 0 amide bonds. The van der Waals surface area contributed by atoms with Gasteiger partial charge in [-0.1, -0.05) is 13.8 Å². The lowest BCUT2D eigenvalue weighted by Crippen LogP contribution is -2.35. The monoisotopic (exact) mass is 238 g/mol. The number of hydrogen-bond acceptors (Lipinski definition) is 5. The van der Waals surface area contributed by atoms with E-state index in [1.165, 1.54) is 0 Å². The summed E-state index contributed by atoms with van der Waals surface area (Å²) < 4.78 is 0. The summed E-state index contributed by atoms with van der Waals surface area (Å²) in [6.45, 7) is 6.41. The van der Waals surface area contributed by atoms with E-state index in [-0.39, 0.29) is 0 Å². The number of aromatic nitrogens is 2. The molecule has 17 heavy (non-hydrogen) atoms. The van der Waals surface area contributed by atoms with Crippen molar-refractivity contribution >= 4 is 11.8 Å². The number of hydrogen-bond donors (Lipinski definition) is 3. The van der Waals surface area contributed by atoms with E-state index in [4.69, 9.17) is 0 Å². The molecule has 0 aliphatic rings. The summed E-state index contributed by atoms with van der Waals surface area (Å²) in [5.74, 6) is 1.35. The summed E-state index contributed by atoms with van der Waals surface area (Å²) in [4.78, 5) is 8.44. The summed E-state index contributed by atoms with van der Waals surface area (Å²) in [6.07, 6.45) is 3.21. The van der Waals surface area contributed by atoms with Crippen molar-refractivity contribution in [2.45, 2.75) is 39.2 Å². The van der Waals surface area contributed by atoms with Crippen LogP contribution in [0, 0.1) is 6.92 Å². The number of aryl methyl sites for hydroxylation is 1. The Balaban J connectivity index is 2.74. The highest BCUT2D eigenvalue weighted by molar-refractivity contribution is 5.46. The standard InChI is InChI=1S/C12H22N4O/c1-5-12(17,6-2)8-15-10-9(3)7-14-11(13-4)16-10/h7,17H,5-6,8H2,1-4H3,(H2,13,14,15,16). The molecule has 5 nitrogen and oxygen atoms in total. The van der Waals surface area contributed by atoms with Crippen LogP contribution in [-0.4, -0.2) is 34.3 Å². The van der Waals surface area contributed by atoms with Gasteiger partial charge in [-0.25, -0.2) is 4.98 Å². The molecule has 0 spiro atoms. The van der Waals surface area contributed by atoms with Gasteiger partial charge in [-0.3, -0.25) is 0 Å². The lowest BCUT2D eigenvalue weighted by molar-refractivity contribution is 0.0456. The minimum absolute atomic E-state index is 0.501. The molecule has 0 saturated heterocycles. The van der Waals surface area contributed by atoms with E-state index < -0.39 is 5.60 Å². The summed E-state index contributed by atoms with van der Waals surface area (Å²) >= 11 is 0. The van der Waals surface area contributed by atoms with Crippen LogP contribution < -0.4 is 10.6 Å².